The predicted molar refractivity (Wildman–Crippen MR) is 141 cm³/mol. The SMILES string of the molecule is C=CCCC[C@H](Cc1ccccc1)C(=O)OC[C@@H]1CCCN1C(=O)[C@@H](CC=C)CC(=O)N[C@H](C)CO. The van der Waals surface area contributed by atoms with Crippen molar-refractivity contribution in [3.8, 4) is 0 Å². The number of likely N-dealkylation sites (tertiary alicyclic amines) is 1. The van der Waals surface area contributed by atoms with Gasteiger partial charge in [0.25, 0.3) is 0 Å². The number of aliphatic hydroxyl groups is 1. The number of aliphatic hydroxyl groups excluding tert-OH is 1. The zero-order chi connectivity index (χ0) is 26.3. The number of amides is 2. The van der Waals surface area contributed by atoms with Gasteiger partial charge in [-0.15, -0.1) is 13.2 Å². The normalized spacial score (nSPS) is 17.6. The van der Waals surface area contributed by atoms with E-state index in [1.54, 1.807) is 17.9 Å². The average Bonchev–Trinajstić information content (AvgIpc) is 3.35. The minimum atomic E-state index is -0.533. The van der Waals surface area contributed by atoms with Crippen LogP contribution >= 0.6 is 0 Å². The number of ether oxygens (including phenoxy) is 1. The Bertz CT molecular complexity index is 856. The van der Waals surface area contributed by atoms with E-state index >= 15 is 0 Å². The van der Waals surface area contributed by atoms with Crippen LogP contribution in [0.2, 0.25) is 0 Å². The van der Waals surface area contributed by atoms with Gasteiger partial charge < -0.3 is 20.1 Å². The molecule has 1 aromatic rings. The topological polar surface area (TPSA) is 95.9 Å². The summed E-state index contributed by atoms with van der Waals surface area (Å²) in [5.74, 6) is -1.41. The van der Waals surface area contributed by atoms with Gasteiger partial charge in [-0.25, -0.2) is 0 Å². The summed E-state index contributed by atoms with van der Waals surface area (Å²) in [6.07, 6.45) is 8.55. The van der Waals surface area contributed by atoms with Gasteiger partial charge in [0, 0.05) is 19.0 Å². The van der Waals surface area contributed by atoms with Gasteiger partial charge in [0.15, 0.2) is 0 Å². The molecule has 1 saturated heterocycles. The van der Waals surface area contributed by atoms with Crippen molar-refractivity contribution >= 4 is 17.8 Å². The van der Waals surface area contributed by atoms with Crippen LogP contribution in [0.15, 0.2) is 55.6 Å². The molecule has 7 heteroatoms. The summed E-state index contributed by atoms with van der Waals surface area (Å²) in [5, 5.41) is 11.9. The van der Waals surface area contributed by atoms with Crippen LogP contribution in [0.4, 0.5) is 0 Å². The second-order valence-corrected chi connectivity index (χ2v) is 9.64. The molecule has 7 nitrogen and oxygen atoms in total. The summed E-state index contributed by atoms with van der Waals surface area (Å²) in [5.41, 5.74) is 1.09. The summed E-state index contributed by atoms with van der Waals surface area (Å²) >= 11 is 0. The number of hydrogen-bond donors (Lipinski definition) is 2. The van der Waals surface area contributed by atoms with E-state index in [-0.39, 0.29) is 55.4 Å². The molecule has 0 aromatic heterocycles. The van der Waals surface area contributed by atoms with Crippen LogP contribution < -0.4 is 5.32 Å². The molecule has 1 aliphatic rings. The summed E-state index contributed by atoms with van der Waals surface area (Å²) in [6.45, 7) is 9.79. The number of carbonyl (C=O) groups excluding carboxylic acids is 3. The minimum Gasteiger partial charge on any atom is -0.463 e. The lowest BCUT2D eigenvalue weighted by molar-refractivity contribution is -0.152. The van der Waals surface area contributed by atoms with Crippen LogP contribution in [0.5, 0.6) is 0 Å². The van der Waals surface area contributed by atoms with E-state index in [9.17, 15) is 19.5 Å². The molecule has 1 heterocycles. The third kappa shape index (κ3) is 9.61. The van der Waals surface area contributed by atoms with Crippen molar-refractivity contribution in [2.75, 3.05) is 19.8 Å². The van der Waals surface area contributed by atoms with E-state index in [2.05, 4.69) is 18.5 Å². The Kier molecular flexibility index (Phi) is 13.0. The Morgan fingerprint density at radius 1 is 1.19 bits per heavy atom. The summed E-state index contributed by atoms with van der Waals surface area (Å²) in [4.78, 5) is 40.5. The van der Waals surface area contributed by atoms with Crippen LogP contribution in [-0.2, 0) is 25.5 Å². The molecule has 2 N–H and O–H groups in total. The predicted octanol–water partition coefficient (Wildman–Crippen LogP) is 3.82. The Hall–Kier alpha value is -2.93. The van der Waals surface area contributed by atoms with Gasteiger partial charge in [-0.05, 0) is 57.4 Å². The van der Waals surface area contributed by atoms with E-state index in [4.69, 9.17) is 4.74 Å². The van der Waals surface area contributed by atoms with Crippen molar-refractivity contribution < 1.29 is 24.2 Å². The van der Waals surface area contributed by atoms with Gasteiger partial charge >= 0.3 is 5.97 Å². The maximum absolute atomic E-state index is 13.3. The second-order valence-electron chi connectivity index (χ2n) is 9.64. The van der Waals surface area contributed by atoms with Crippen molar-refractivity contribution in [2.45, 2.75) is 70.4 Å². The molecule has 0 saturated carbocycles. The van der Waals surface area contributed by atoms with Gasteiger partial charge in [0.05, 0.1) is 24.5 Å². The zero-order valence-corrected chi connectivity index (χ0v) is 21.6. The van der Waals surface area contributed by atoms with Crippen molar-refractivity contribution in [3.05, 3.63) is 61.2 Å². The molecule has 1 aromatic carbocycles. The molecule has 0 spiro atoms. The first-order valence-electron chi connectivity index (χ1n) is 13.0. The van der Waals surface area contributed by atoms with Crippen LogP contribution in [0.25, 0.3) is 0 Å². The molecule has 2 amide bonds. The number of unbranched alkanes of at least 4 members (excludes halogenated alkanes) is 1. The van der Waals surface area contributed by atoms with E-state index in [1.165, 1.54) is 0 Å². The molecular formula is C29H42N2O5. The maximum Gasteiger partial charge on any atom is 0.309 e. The van der Waals surface area contributed by atoms with Crippen molar-refractivity contribution in [1.29, 1.82) is 0 Å². The van der Waals surface area contributed by atoms with Crippen molar-refractivity contribution in [1.82, 2.24) is 10.2 Å². The highest BCUT2D eigenvalue weighted by molar-refractivity contribution is 5.86. The summed E-state index contributed by atoms with van der Waals surface area (Å²) < 4.78 is 5.77. The number of allylic oxidation sites excluding steroid dienone is 2. The number of rotatable bonds is 16. The molecule has 0 unspecified atom stereocenters. The van der Waals surface area contributed by atoms with Crippen LogP contribution in [0, 0.1) is 11.8 Å². The number of benzene rings is 1. The number of carbonyl (C=O) groups is 3. The van der Waals surface area contributed by atoms with Gasteiger partial charge in [0.2, 0.25) is 11.8 Å². The van der Waals surface area contributed by atoms with E-state index in [0.29, 0.717) is 19.4 Å². The molecule has 1 fully saturated rings. The first-order chi connectivity index (χ1) is 17.4. The molecule has 2 rings (SSSR count). The van der Waals surface area contributed by atoms with Crippen LogP contribution in [0.1, 0.15) is 57.4 Å². The Morgan fingerprint density at radius 2 is 1.94 bits per heavy atom. The van der Waals surface area contributed by atoms with Crippen molar-refractivity contribution in [3.63, 3.8) is 0 Å². The fourth-order valence-corrected chi connectivity index (χ4v) is 4.62. The molecule has 0 radical (unpaired) electrons. The quantitative estimate of drug-likeness (QED) is 0.205. The van der Waals surface area contributed by atoms with Crippen LogP contribution in [-0.4, -0.2) is 59.6 Å². The molecule has 36 heavy (non-hydrogen) atoms. The lowest BCUT2D eigenvalue weighted by Crippen LogP contribution is -2.44. The van der Waals surface area contributed by atoms with Gasteiger partial charge in [-0.1, -0.05) is 42.5 Å². The highest BCUT2D eigenvalue weighted by Crippen LogP contribution is 2.24. The molecule has 198 valence electrons. The first-order valence-corrected chi connectivity index (χ1v) is 13.0. The molecule has 0 aliphatic carbocycles. The third-order valence-corrected chi connectivity index (χ3v) is 6.61. The van der Waals surface area contributed by atoms with E-state index < -0.39 is 5.92 Å². The largest absolute Gasteiger partial charge is 0.463 e. The van der Waals surface area contributed by atoms with Gasteiger partial charge in [0.1, 0.15) is 6.61 Å². The van der Waals surface area contributed by atoms with Gasteiger partial charge in [-0.3, -0.25) is 14.4 Å². The Balaban J connectivity index is 1.99. The second kappa shape index (κ2) is 15.9. The number of hydrogen-bond acceptors (Lipinski definition) is 5. The number of nitrogens with zero attached hydrogens (tertiary/aromatic N) is 1. The lowest BCUT2D eigenvalue weighted by Gasteiger charge is -2.29. The van der Waals surface area contributed by atoms with Crippen molar-refractivity contribution in [2.24, 2.45) is 11.8 Å². The zero-order valence-electron chi connectivity index (χ0n) is 21.6. The molecule has 0 bridgehead atoms. The summed E-state index contributed by atoms with van der Waals surface area (Å²) in [7, 11) is 0. The Morgan fingerprint density at radius 3 is 2.61 bits per heavy atom. The highest BCUT2D eigenvalue weighted by atomic mass is 16.5. The highest BCUT2D eigenvalue weighted by Gasteiger charge is 2.35. The van der Waals surface area contributed by atoms with Gasteiger partial charge in [-0.2, -0.15) is 0 Å². The summed E-state index contributed by atoms with van der Waals surface area (Å²) in [6, 6.07) is 9.35. The molecular weight excluding hydrogens is 456 g/mol. The maximum atomic E-state index is 13.3. The van der Waals surface area contributed by atoms with Crippen LogP contribution in [0.3, 0.4) is 0 Å². The monoisotopic (exact) mass is 498 g/mol. The first kappa shape index (κ1) is 29.3. The standard InChI is InChI=1S/C29H42N2O5/c1-4-6-8-15-25(18-23-13-9-7-10-14-23)29(35)36-21-26-16-11-17-31(26)28(34)24(12-5-2)19-27(33)30-22(3)20-32/h4-5,7,9-10,13-14,22,24-26,32H,1-2,6,8,11-12,15-21H2,3H3,(H,30,33)/t22-,24+,25-,26+/m1/s1. The fourth-order valence-electron chi connectivity index (χ4n) is 4.62. The molecule has 4 atom stereocenters. The van der Waals surface area contributed by atoms with E-state index in [0.717, 1.165) is 37.7 Å². The Labute approximate surface area is 215 Å². The average molecular weight is 499 g/mol. The molecule has 1 aliphatic heterocycles. The number of esters is 1. The lowest BCUT2D eigenvalue weighted by atomic mass is 9.94. The smallest absolute Gasteiger partial charge is 0.309 e. The third-order valence-electron chi connectivity index (χ3n) is 6.61. The minimum absolute atomic E-state index is 0.0284. The number of nitrogens with one attached hydrogen (secondary N) is 1. The van der Waals surface area contributed by atoms with E-state index in [1.807, 2.05) is 36.4 Å². The fraction of sp³-hybridized carbons (Fsp3) is 0.552.